The topological polar surface area (TPSA) is 87.8 Å². The number of carboxylic acid groups (broad SMARTS) is 1. The van der Waals surface area contributed by atoms with Crippen LogP contribution in [0.1, 0.15) is 24.3 Å². The van der Waals surface area contributed by atoms with Gasteiger partial charge in [-0.1, -0.05) is 11.3 Å². The van der Waals surface area contributed by atoms with Crippen molar-refractivity contribution in [1.29, 1.82) is 0 Å². The van der Waals surface area contributed by atoms with Gasteiger partial charge in [0.2, 0.25) is 10.1 Å². The highest BCUT2D eigenvalue weighted by atomic mass is 32.1. The number of hydrogen-bond acceptors (Lipinski definition) is 6. The van der Waals surface area contributed by atoms with Gasteiger partial charge in [-0.25, -0.2) is 4.79 Å². The molecule has 2 aromatic heterocycles. The average Bonchev–Trinajstić information content (AvgIpc) is 2.72. The molecule has 8 heteroatoms. The molecule has 18 heavy (non-hydrogen) atoms. The van der Waals surface area contributed by atoms with Crippen LogP contribution in [0.3, 0.4) is 0 Å². The Balaban J connectivity index is 2.67. The minimum atomic E-state index is -1.19. The minimum Gasteiger partial charge on any atom is -0.477 e. The molecule has 0 unspecified atom stereocenters. The Bertz CT molecular complexity index is 644. The van der Waals surface area contributed by atoms with Gasteiger partial charge in [-0.3, -0.25) is 4.79 Å². The van der Waals surface area contributed by atoms with Gasteiger partial charge in [0.15, 0.2) is 5.69 Å². The van der Waals surface area contributed by atoms with Gasteiger partial charge in [0.05, 0.1) is 0 Å². The van der Waals surface area contributed by atoms with E-state index in [1.807, 2.05) is 18.7 Å². The molecule has 2 rings (SSSR count). The van der Waals surface area contributed by atoms with Gasteiger partial charge in [-0.2, -0.15) is 9.50 Å². The number of rotatable bonds is 4. The molecular weight excluding hydrogens is 256 g/mol. The van der Waals surface area contributed by atoms with E-state index in [-0.39, 0.29) is 5.69 Å². The predicted molar refractivity (Wildman–Crippen MR) is 67.7 cm³/mol. The molecule has 1 N–H and O–H groups in total. The normalized spacial score (nSPS) is 10.8. The van der Waals surface area contributed by atoms with Crippen LogP contribution < -0.4 is 10.5 Å². The van der Waals surface area contributed by atoms with Crippen LogP contribution in [0.25, 0.3) is 4.96 Å². The number of nitrogens with zero attached hydrogens (tertiary/aromatic N) is 4. The Morgan fingerprint density at radius 3 is 2.72 bits per heavy atom. The van der Waals surface area contributed by atoms with Gasteiger partial charge in [0.1, 0.15) is 0 Å². The Labute approximate surface area is 106 Å². The monoisotopic (exact) mass is 268 g/mol. The van der Waals surface area contributed by atoms with E-state index < -0.39 is 11.5 Å². The highest BCUT2D eigenvalue weighted by Gasteiger charge is 2.16. The van der Waals surface area contributed by atoms with Crippen molar-refractivity contribution in [2.24, 2.45) is 0 Å². The maximum Gasteiger partial charge on any atom is 0.354 e. The summed E-state index contributed by atoms with van der Waals surface area (Å²) in [5, 5.41) is 13.9. The summed E-state index contributed by atoms with van der Waals surface area (Å²) < 4.78 is 1.20. The van der Waals surface area contributed by atoms with Gasteiger partial charge in [0.25, 0.3) is 5.56 Å². The summed E-state index contributed by atoms with van der Waals surface area (Å²) in [5.41, 5.74) is -0.734. The molecule has 0 amide bonds. The highest BCUT2D eigenvalue weighted by Crippen LogP contribution is 2.21. The van der Waals surface area contributed by atoms with Crippen molar-refractivity contribution in [2.45, 2.75) is 13.8 Å². The first-order chi connectivity index (χ1) is 8.56. The van der Waals surface area contributed by atoms with Crippen LogP contribution in [0.4, 0.5) is 5.13 Å². The van der Waals surface area contributed by atoms with Gasteiger partial charge < -0.3 is 10.0 Å². The summed E-state index contributed by atoms with van der Waals surface area (Å²) in [6, 6.07) is 0.973. The van der Waals surface area contributed by atoms with E-state index in [0.29, 0.717) is 10.1 Å². The lowest BCUT2D eigenvalue weighted by Gasteiger charge is -2.15. The lowest BCUT2D eigenvalue weighted by atomic mass is 10.4. The molecule has 96 valence electrons. The summed E-state index contributed by atoms with van der Waals surface area (Å²) >= 11 is 1.20. The molecule has 0 fully saturated rings. The van der Waals surface area contributed by atoms with Crippen molar-refractivity contribution in [3.63, 3.8) is 0 Å². The van der Waals surface area contributed by atoms with Crippen molar-refractivity contribution in [1.82, 2.24) is 14.6 Å². The molecule has 0 bridgehead atoms. The quantitative estimate of drug-likeness (QED) is 0.878. The van der Waals surface area contributed by atoms with E-state index in [0.717, 1.165) is 19.2 Å². The third kappa shape index (κ3) is 2.06. The summed E-state index contributed by atoms with van der Waals surface area (Å²) in [4.78, 5) is 28.4. The SMILES string of the molecule is CCN(CC)c1nn2c(C(=O)O)cc(=O)nc2s1. The molecule has 2 heterocycles. The van der Waals surface area contributed by atoms with Crippen molar-refractivity contribution in [2.75, 3.05) is 18.0 Å². The molecular formula is C10H12N4O3S. The Kier molecular flexibility index (Phi) is 3.28. The average molecular weight is 268 g/mol. The molecule has 0 radical (unpaired) electrons. The molecule has 0 saturated carbocycles. The molecule has 2 aromatic rings. The first-order valence-corrected chi connectivity index (χ1v) is 6.27. The first kappa shape index (κ1) is 12.5. The number of hydrogen-bond donors (Lipinski definition) is 1. The maximum atomic E-state index is 11.3. The second-order valence-corrected chi connectivity index (χ2v) is 4.47. The smallest absolute Gasteiger partial charge is 0.354 e. The van der Waals surface area contributed by atoms with E-state index in [4.69, 9.17) is 5.11 Å². The number of fused-ring (bicyclic) bond motifs is 1. The van der Waals surface area contributed by atoms with E-state index in [1.54, 1.807) is 0 Å². The Hall–Kier alpha value is -1.96. The number of aromatic carboxylic acids is 1. The molecule has 7 nitrogen and oxygen atoms in total. The molecule has 0 saturated heterocycles. The predicted octanol–water partition coefficient (Wildman–Crippen LogP) is 0.695. The molecule has 0 spiro atoms. The third-order valence-corrected chi connectivity index (χ3v) is 3.47. The van der Waals surface area contributed by atoms with E-state index in [2.05, 4.69) is 10.1 Å². The lowest BCUT2D eigenvalue weighted by Crippen LogP contribution is -2.22. The minimum absolute atomic E-state index is 0.167. The maximum absolute atomic E-state index is 11.3. The molecule has 0 aliphatic rings. The van der Waals surface area contributed by atoms with Crippen LogP contribution in [0.5, 0.6) is 0 Å². The summed E-state index contributed by atoms with van der Waals surface area (Å²) in [7, 11) is 0. The Morgan fingerprint density at radius 1 is 1.50 bits per heavy atom. The first-order valence-electron chi connectivity index (χ1n) is 5.46. The van der Waals surface area contributed by atoms with Crippen molar-refractivity contribution < 1.29 is 9.90 Å². The molecule has 0 aliphatic heterocycles. The second-order valence-electron chi connectivity index (χ2n) is 3.54. The number of aromatic nitrogens is 3. The van der Waals surface area contributed by atoms with Crippen LogP contribution in [0.15, 0.2) is 10.9 Å². The summed E-state index contributed by atoms with van der Waals surface area (Å²) in [5.74, 6) is -1.19. The van der Waals surface area contributed by atoms with Crippen molar-refractivity contribution in [3.05, 3.63) is 22.1 Å². The standard InChI is InChI=1S/C10H12N4O3S/c1-3-13(4-2)10-12-14-6(8(16)17)5-7(15)11-9(14)18-10/h5H,3-4H2,1-2H3,(H,16,17). The molecule has 0 atom stereocenters. The number of carboxylic acids is 1. The Morgan fingerprint density at radius 2 is 2.17 bits per heavy atom. The highest BCUT2D eigenvalue weighted by molar-refractivity contribution is 7.20. The van der Waals surface area contributed by atoms with E-state index in [9.17, 15) is 9.59 Å². The van der Waals surface area contributed by atoms with Gasteiger partial charge in [-0.15, -0.1) is 5.10 Å². The van der Waals surface area contributed by atoms with Crippen LogP contribution in [0.2, 0.25) is 0 Å². The van der Waals surface area contributed by atoms with E-state index in [1.165, 1.54) is 15.9 Å². The summed E-state index contributed by atoms with van der Waals surface area (Å²) in [6.07, 6.45) is 0. The van der Waals surface area contributed by atoms with Crippen molar-refractivity contribution >= 4 is 27.4 Å². The fourth-order valence-electron chi connectivity index (χ4n) is 1.58. The summed E-state index contributed by atoms with van der Waals surface area (Å²) in [6.45, 7) is 5.46. The molecule has 0 aromatic carbocycles. The third-order valence-electron chi connectivity index (χ3n) is 2.50. The number of carbonyl (C=O) groups is 1. The van der Waals surface area contributed by atoms with Gasteiger partial charge in [0, 0.05) is 19.2 Å². The number of anilines is 1. The van der Waals surface area contributed by atoms with Gasteiger partial charge in [-0.05, 0) is 13.8 Å². The zero-order chi connectivity index (χ0) is 13.3. The largest absolute Gasteiger partial charge is 0.477 e. The second kappa shape index (κ2) is 4.73. The van der Waals surface area contributed by atoms with Crippen LogP contribution in [0, 0.1) is 0 Å². The lowest BCUT2D eigenvalue weighted by molar-refractivity contribution is 0.0687. The fourth-order valence-corrected chi connectivity index (χ4v) is 2.61. The zero-order valence-electron chi connectivity index (χ0n) is 9.95. The van der Waals surface area contributed by atoms with E-state index >= 15 is 0 Å². The molecule has 0 aliphatic carbocycles. The van der Waals surface area contributed by atoms with Crippen LogP contribution in [-0.2, 0) is 0 Å². The van der Waals surface area contributed by atoms with Crippen molar-refractivity contribution in [3.8, 4) is 0 Å². The van der Waals surface area contributed by atoms with Crippen LogP contribution in [-0.4, -0.2) is 38.8 Å². The fraction of sp³-hybridized carbons (Fsp3) is 0.400. The van der Waals surface area contributed by atoms with Gasteiger partial charge >= 0.3 is 5.97 Å². The zero-order valence-corrected chi connectivity index (χ0v) is 10.8. The van der Waals surface area contributed by atoms with Crippen LogP contribution >= 0.6 is 11.3 Å².